The van der Waals surface area contributed by atoms with Crippen LogP contribution in [0.3, 0.4) is 0 Å². The number of amides is 2. The first-order valence-corrected chi connectivity index (χ1v) is 8.50. The van der Waals surface area contributed by atoms with Gasteiger partial charge in [-0.05, 0) is 35.7 Å². The molecule has 3 aromatic carbocycles. The number of urea groups is 1. The predicted octanol–water partition coefficient (Wildman–Crippen LogP) is 4.91. The zero-order valence-electron chi connectivity index (χ0n) is 14.9. The van der Waals surface area contributed by atoms with Gasteiger partial charge >= 0.3 is 6.03 Å². The highest BCUT2D eigenvalue weighted by Gasteiger charge is 2.19. The highest BCUT2D eigenvalue weighted by molar-refractivity contribution is 5.91. The van der Waals surface area contributed by atoms with Crippen LogP contribution in [0.1, 0.15) is 22.7 Å². The molecule has 1 unspecified atom stereocenters. The number of anilines is 1. The Hall–Kier alpha value is -3.27. The molecule has 4 nitrogen and oxygen atoms in total. The number of para-hydroxylation sites is 2. The molecule has 4 heteroatoms. The number of benzene rings is 3. The van der Waals surface area contributed by atoms with Crippen molar-refractivity contribution < 1.29 is 9.53 Å². The quantitative estimate of drug-likeness (QED) is 0.689. The molecule has 3 aromatic rings. The third-order valence-electron chi connectivity index (χ3n) is 4.26. The van der Waals surface area contributed by atoms with E-state index in [1.165, 1.54) is 0 Å². The first-order valence-electron chi connectivity index (χ1n) is 8.50. The van der Waals surface area contributed by atoms with E-state index in [2.05, 4.69) is 10.6 Å². The molecule has 3 rings (SSSR count). The minimum Gasteiger partial charge on any atom is -0.495 e. The Morgan fingerprint density at radius 3 is 2.27 bits per heavy atom. The third-order valence-corrected chi connectivity index (χ3v) is 4.26. The van der Waals surface area contributed by atoms with Crippen LogP contribution in [0.2, 0.25) is 0 Å². The number of carbonyl (C=O) groups excluding carboxylic acids is 1. The Morgan fingerprint density at radius 1 is 0.885 bits per heavy atom. The summed E-state index contributed by atoms with van der Waals surface area (Å²) in [5.41, 5.74) is 3.84. The van der Waals surface area contributed by atoms with E-state index >= 15 is 0 Å². The number of hydrogen-bond acceptors (Lipinski definition) is 2. The fourth-order valence-corrected chi connectivity index (χ4v) is 2.93. The molecule has 132 valence electrons. The highest BCUT2D eigenvalue weighted by atomic mass is 16.5. The van der Waals surface area contributed by atoms with Crippen molar-refractivity contribution in [2.75, 3.05) is 12.4 Å². The predicted molar refractivity (Wildman–Crippen MR) is 105 cm³/mol. The summed E-state index contributed by atoms with van der Waals surface area (Å²) in [7, 11) is 1.58. The molecule has 0 saturated carbocycles. The van der Waals surface area contributed by atoms with E-state index in [4.69, 9.17) is 4.74 Å². The van der Waals surface area contributed by atoms with Crippen molar-refractivity contribution in [3.63, 3.8) is 0 Å². The maximum Gasteiger partial charge on any atom is 0.320 e. The summed E-state index contributed by atoms with van der Waals surface area (Å²) in [4.78, 5) is 12.7. The van der Waals surface area contributed by atoms with Gasteiger partial charge in [0.25, 0.3) is 0 Å². The minimum absolute atomic E-state index is 0.243. The number of aryl methyl sites for hydroxylation is 1. The van der Waals surface area contributed by atoms with Gasteiger partial charge in [0, 0.05) is 0 Å². The van der Waals surface area contributed by atoms with Crippen LogP contribution in [0.15, 0.2) is 78.9 Å². The highest BCUT2D eigenvalue weighted by Crippen LogP contribution is 2.26. The molecule has 0 bridgehead atoms. The second-order valence-electron chi connectivity index (χ2n) is 6.00. The van der Waals surface area contributed by atoms with Crippen molar-refractivity contribution in [3.8, 4) is 5.75 Å². The molecule has 2 amide bonds. The van der Waals surface area contributed by atoms with E-state index in [9.17, 15) is 4.79 Å². The molecule has 0 aliphatic heterocycles. The summed E-state index contributed by atoms with van der Waals surface area (Å²) in [6.07, 6.45) is 0. The SMILES string of the molecule is COc1ccccc1NC(=O)NC(c1ccccc1)c1ccccc1C. The molecule has 0 aromatic heterocycles. The van der Waals surface area contributed by atoms with Crippen LogP contribution < -0.4 is 15.4 Å². The third kappa shape index (κ3) is 4.03. The average molecular weight is 346 g/mol. The number of rotatable bonds is 5. The monoisotopic (exact) mass is 346 g/mol. The van der Waals surface area contributed by atoms with Gasteiger partial charge in [0.2, 0.25) is 0 Å². The number of methoxy groups -OCH3 is 1. The largest absolute Gasteiger partial charge is 0.495 e. The van der Waals surface area contributed by atoms with Gasteiger partial charge < -0.3 is 15.4 Å². The fraction of sp³-hybridized carbons (Fsp3) is 0.136. The van der Waals surface area contributed by atoms with Crippen LogP contribution in [-0.4, -0.2) is 13.1 Å². The van der Waals surface area contributed by atoms with Gasteiger partial charge in [0.1, 0.15) is 5.75 Å². The van der Waals surface area contributed by atoms with Gasteiger partial charge in [-0.1, -0.05) is 66.7 Å². The minimum atomic E-state index is -0.286. The molecular weight excluding hydrogens is 324 g/mol. The molecule has 0 spiro atoms. The van der Waals surface area contributed by atoms with E-state index in [1.807, 2.05) is 85.8 Å². The molecule has 0 aliphatic rings. The molecule has 0 aliphatic carbocycles. The van der Waals surface area contributed by atoms with Gasteiger partial charge in [0.05, 0.1) is 18.8 Å². The van der Waals surface area contributed by atoms with Crippen molar-refractivity contribution in [2.24, 2.45) is 0 Å². The summed E-state index contributed by atoms with van der Waals surface area (Å²) in [5.74, 6) is 0.620. The van der Waals surface area contributed by atoms with Crippen molar-refractivity contribution >= 4 is 11.7 Å². The molecule has 0 heterocycles. The van der Waals surface area contributed by atoms with Crippen LogP contribution in [0.4, 0.5) is 10.5 Å². The van der Waals surface area contributed by atoms with Gasteiger partial charge in [-0.15, -0.1) is 0 Å². The van der Waals surface area contributed by atoms with E-state index in [0.717, 1.165) is 16.7 Å². The van der Waals surface area contributed by atoms with Gasteiger partial charge in [0.15, 0.2) is 0 Å². The van der Waals surface area contributed by atoms with Crippen LogP contribution >= 0.6 is 0 Å². The molecular formula is C22H22N2O2. The lowest BCUT2D eigenvalue weighted by molar-refractivity contribution is 0.250. The topological polar surface area (TPSA) is 50.4 Å². The Bertz CT molecular complexity index is 878. The summed E-state index contributed by atoms with van der Waals surface area (Å²) < 4.78 is 5.30. The molecule has 2 N–H and O–H groups in total. The first kappa shape index (κ1) is 17.5. The summed E-state index contributed by atoms with van der Waals surface area (Å²) in [5, 5.41) is 5.96. The van der Waals surface area contributed by atoms with Crippen molar-refractivity contribution in [1.82, 2.24) is 5.32 Å². The zero-order chi connectivity index (χ0) is 18.4. The smallest absolute Gasteiger partial charge is 0.320 e. The number of ether oxygens (including phenoxy) is 1. The maximum absolute atomic E-state index is 12.7. The van der Waals surface area contributed by atoms with E-state index in [-0.39, 0.29) is 12.1 Å². The first-order chi connectivity index (χ1) is 12.7. The molecule has 0 saturated heterocycles. The van der Waals surface area contributed by atoms with Gasteiger partial charge in [-0.3, -0.25) is 0 Å². The lowest BCUT2D eigenvalue weighted by Crippen LogP contribution is -2.33. The second kappa shape index (κ2) is 8.21. The summed E-state index contributed by atoms with van der Waals surface area (Å²) in [6, 6.07) is 24.8. The van der Waals surface area contributed by atoms with E-state index in [0.29, 0.717) is 11.4 Å². The summed E-state index contributed by atoms with van der Waals surface area (Å²) >= 11 is 0. The van der Waals surface area contributed by atoms with Crippen LogP contribution in [0.25, 0.3) is 0 Å². The normalized spacial score (nSPS) is 11.5. The maximum atomic E-state index is 12.7. The Labute approximate surface area is 153 Å². The molecule has 0 fully saturated rings. The van der Waals surface area contributed by atoms with E-state index < -0.39 is 0 Å². The number of carbonyl (C=O) groups is 1. The van der Waals surface area contributed by atoms with Crippen molar-refractivity contribution in [2.45, 2.75) is 13.0 Å². The van der Waals surface area contributed by atoms with Crippen LogP contribution in [0.5, 0.6) is 5.75 Å². The van der Waals surface area contributed by atoms with Gasteiger partial charge in [-0.2, -0.15) is 0 Å². The Balaban J connectivity index is 1.86. The summed E-state index contributed by atoms with van der Waals surface area (Å²) in [6.45, 7) is 2.05. The van der Waals surface area contributed by atoms with E-state index in [1.54, 1.807) is 7.11 Å². The number of nitrogens with one attached hydrogen (secondary N) is 2. The zero-order valence-corrected chi connectivity index (χ0v) is 14.9. The standard InChI is InChI=1S/C22H22N2O2/c1-16-10-6-7-13-18(16)21(17-11-4-3-5-12-17)24-22(25)23-19-14-8-9-15-20(19)26-2/h3-15,21H,1-2H3,(H2,23,24,25). The van der Waals surface area contributed by atoms with Gasteiger partial charge in [-0.25, -0.2) is 4.79 Å². The fourth-order valence-electron chi connectivity index (χ4n) is 2.93. The number of hydrogen-bond donors (Lipinski definition) is 2. The van der Waals surface area contributed by atoms with Crippen LogP contribution in [0, 0.1) is 6.92 Å². The lowest BCUT2D eigenvalue weighted by Gasteiger charge is -2.22. The van der Waals surface area contributed by atoms with Crippen molar-refractivity contribution in [1.29, 1.82) is 0 Å². The van der Waals surface area contributed by atoms with Crippen molar-refractivity contribution in [3.05, 3.63) is 95.6 Å². The molecule has 1 atom stereocenters. The lowest BCUT2D eigenvalue weighted by atomic mass is 9.95. The Kier molecular flexibility index (Phi) is 5.54. The molecule has 0 radical (unpaired) electrons. The average Bonchev–Trinajstić information content (AvgIpc) is 2.68. The molecule has 26 heavy (non-hydrogen) atoms. The Morgan fingerprint density at radius 2 is 1.54 bits per heavy atom. The van der Waals surface area contributed by atoms with Crippen LogP contribution in [-0.2, 0) is 0 Å². The second-order valence-corrected chi connectivity index (χ2v) is 6.00.